The summed E-state index contributed by atoms with van der Waals surface area (Å²) in [5, 5.41) is 1.32. The van der Waals surface area contributed by atoms with Gasteiger partial charge in [-0.25, -0.2) is 0 Å². The van der Waals surface area contributed by atoms with Gasteiger partial charge in [0.15, 0.2) is 0 Å². The Hall–Kier alpha value is 0.0169. The Balaban J connectivity index is 2.77. The van der Waals surface area contributed by atoms with Crippen LogP contribution in [0.4, 0.5) is 0 Å². The topological polar surface area (TPSA) is 0 Å². The first kappa shape index (κ1) is 9.11. The standard InChI is InChI=1S/C8H10Cl2Si/c1-11(8(9)10)7-5-3-2-4-6-7/h2-6,8,11H,1H3. The van der Waals surface area contributed by atoms with Crippen molar-refractivity contribution in [3.8, 4) is 0 Å². The lowest BCUT2D eigenvalue weighted by Gasteiger charge is -2.09. The predicted molar refractivity (Wildman–Crippen MR) is 54.6 cm³/mol. The van der Waals surface area contributed by atoms with Crippen molar-refractivity contribution in [1.29, 1.82) is 0 Å². The van der Waals surface area contributed by atoms with E-state index in [4.69, 9.17) is 23.2 Å². The van der Waals surface area contributed by atoms with Gasteiger partial charge < -0.3 is 0 Å². The molecule has 0 nitrogen and oxygen atoms in total. The molecule has 3 heteroatoms. The lowest BCUT2D eigenvalue weighted by molar-refractivity contribution is 1.70. The summed E-state index contributed by atoms with van der Waals surface area (Å²) in [5.74, 6) is 0. The highest BCUT2D eigenvalue weighted by Crippen LogP contribution is 2.06. The summed E-state index contributed by atoms with van der Waals surface area (Å²) in [5.41, 5.74) is 0. The first-order chi connectivity index (χ1) is 5.22. The third-order valence-corrected chi connectivity index (χ3v) is 6.16. The van der Waals surface area contributed by atoms with Gasteiger partial charge in [-0.1, -0.05) is 42.1 Å². The lowest BCUT2D eigenvalue weighted by Crippen LogP contribution is -2.32. The monoisotopic (exact) mass is 204 g/mol. The molecule has 0 aliphatic carbocycles. The number of rotatable bonds is 2. The summed E-state index contributed by atoms with van der Waals surface area (Å²) in [6, 6.07) is 10.2. The van der Waals surface area contributed by atoms with Crippen LogP contribution in [0.3, 0.4) is 0 Å². The molecule has 1 unspecified atom stereocenters. The summed E-state index contributed by atoms with van der Waals surface area (Å²) in [6.45, 7) is 2.15. The highest BCUT2D eigenvalue weighted by atomic mass is 35.5. The fourth-order valence-electron chi connectivity index (χ4n) is 0.902. The zero-order valence-corrected chi connectivity index (χ0v) is 8.96. The molecule has 0 spiro atoms. The Kier molecular flexibility index (Phi) is 3.43. The van der Waals surface area contributed by atoms with Gasteiger partial charge in [0.1, 0.15) is 8.80 Å². The second-order valence-electron chi connectivity index (χ2n) is 2.53. The van der Waals surface area contributed by atoms with E-state index >= 15 is 0 Å². The Morgan fingerprint density at radius 2 is 1.73 bits per heavy atom. The molecule has 0 N–H and O–H groups in total. The summed E-state index contributed by atoms with van der Waals surface area (Å²) in [4.78, 5) is 0. The molecule has 0 aromatic heterocycles. The van der Waals surface area contributed by atoms with Crippen LogP contribution in [0.1, 0.15) is 0 Å². The SMILES string of the molecule is C[SiH](c1ccccc1)C(Cl)Cl. The van der Waals surface area contributed by atoms with Gasteiger partial charge in [-0.15, -0.1) is 23.2 Å². The fourth-order valence-corrected chi connectivity index (χ4v) is 2.90. The van der Waals surface area contributed by atoms with E-state index in [0.29, 0.717) is 0 Å². The van der Waals surface area contributed by atoms with Gasteiger partial charge in [0.05, 0.1) is 4.46 Å². The molecular weight excluding hydrogens is 195 g/mol. The summed E-state index contributed by atoms with van der Waals surface area (Å²) < 4.78 is -0.183. The maximum absolute atomic E-state index is 5.79. The molecule has 11 heavy (non-hydrogen) atoms. The molecule has 1 aromatic rings. The zero-order chi connectivity index (χ0) is 8.27. The number of hydrogen-bond donors (Lipinski definition) is 0. The minimum absolute atomic E-state index is 0.183. The largest absolute Gasteiger partial charge is 0.109 e. The third-order valence-electron chi connectivity index (χ3n) is 1.70. The van der Waals surface area contributed by atoms with Crippen LogP contribution in [0.25, 0.3) is 0 Å². The van der Waals surface area contributed by atoms with E-state index in [1.807, 2.05) is 18.2 Å². The maximum atomic E-state index is 5.79. The molecule has 0 amide bonds. The van der Waals surface area contributed by atoms with Crippen molar-refractivity contribution in [2.24, 2.45) is 0 Å². The van der Waals surface area contributed by atoms with Crippen molar-refractivity contribution < 1.29 is 0 Å². The van der Waals surface area contributed by atoms with Gasteiger partial charge in [-0.3, -0.25) is 0 Å². The molecule has 1 atom stereocenters. The average Bonchev–Trinajstić information content (AvgIpc) is 2.05. The molecular formula is C8H10Cl2Si. The normalized spacial score (nSPS) is 13.5. The lowest BCUT2D eigenvalue weighted by atomic mass is 10.4. The number of benzene rings is 1. The van der Waals surface area contributed by atoms with Gasteiger partial charge in [0, 0.05) is 0 Å². The maximum Gasteiger partial charge on any atom is 0.106 e. The average molecular weight is 205 g/mol. The molecule has 0 saturated heterocycles. The Bertz CT molecular complexity index is 211. The van der Waals surface area contributed by atoms with Crippen molar-refractivity contribution in [2.45, 2.75) is 11.0 Å². The van der Waals surface area contributed by atoms with Gasteiger partial charge >= 0.3 is 0 Å². The molecule has 60 valence electrons. The first-order valence-electron chi connectivity index (χ1n) is 3.55. The summed E-state index contributed by atoms with van der Waals surface area (Å²) in [6.07, 6.45) is 0. The summed E-state index contributed by atoms with van der Waals surface area (Å²) in [7, 11) is -1.10. The van der Waals surface area contributed by atoms with Crippen molar-refractivity contribution in [3.63, 3.8) is 0 Å². The van der Waals surface area contributed by atoms with Crippen LogP contribution in [-0.2, 0) is 0 Å². The molecule has 0 fully saturated rings. The number of halogens is 2. The predicted octanol–water partition coefficient (Wildman–Crippen LogP) is 2.09. The molecule has 0 bridgehead atoms. The van der Waals surface area contributed by atoms with Crippen LogP contribution in [0.5, 0.6) is 0 Å². The van der Waals surface area contributed by atoms with Crippen molar-refractivity contribution >= 4 is 37.2 Å². The molecule has 0 heterocycles. The van der Waals surface area contributed by atoms with Gasteiger partial charge in [-0.2, -0.15) is 0 Å². The Morgan fingerprint density at radius 3 is 2.18 bits per heavy atom. The van der Waals surface area contributed by atoms with Gasteiger partial charge in [0.25, 0.3) is 0 Å². The van der Waals surface area contributed by atoms with E-state index in [2.05, 4.69) is 18.7 Å². The van der Waals surface area contributed by atoms with Gasteiger partial charge in [0.2, 0.25) is 0 Å². The fraction of sp³-hybridized carbons (Fsp3) is 0.250. The summed E-state index contributed by atoms with van der Waals surface area (Å²) >= 11 is 11.6. The molecule has 0 aliphatic heterocycles. The molecule has 0 saturated carbocycles. The van der Waals surface area contributed by atoms with Crippen molar-refractivity contribution in [1.82, 2.24) is 0 Å². The third kappa shape index (κ3) is 2.51. The van der Waals surface area contributed by atoms with Crippen LogP contribution in [0.2, 0.25) is 6.55 Å². The number of alkyl halides is 2. The van der Waals surface area contributed by atoms with E-state index in [-0.39, 0.29) is 4.46 Å². The van der Waals surface area contributed by atoms with Crippen LogP contribution in [0.15, 0.2) is 30.3 Å². The first-order valence-corrected chi connectivity index (χ1v) is 6.82. The van der Waals surface area contributed by atoms with Gasteiger partial charge in [-0.05, 0) is 0 Å². The molecule has 1 rings (SSSR count). The Morgan fingerprint density at radius 1 is 1.18 bits per heavy atom. The van der Waals surface area contributed by atoms with Crippen LogP contribution in [-0.4, -0.2) is 13.3 Å². The highest BCUT2D eigenvalue weighted by molar-refractivity contribution is 6.87. The second kappa shape index (κ2) is 4.15. The molecule has 1 aromatic carbocycles. The second-order valence-corrected chi connectivity index (χ2v) is 7.45. The highest BCUT2D eigenvalue weighted by Gasteiger charge is 2.14. The van der Waals surface area contributed by atoms with E-state index in [1.54, 1.807) is 0 Å². The smallest absolute Gasteiger partial charge is 0.106 e. The molecule has 0 aliphatic rings. The van der Waals surface area contributed by atoms with E-state index < -0.39 is 8.80 Å². The number of hydrogen-bond acceptors (Lipinski definition) is 0. The minimum Gasteiger partial charge on any atom is -0.109 e. The van der Waals surface area contributed by atoms with Crippen LogP contribution >= 0.6 is 23.2 Å². The van der Waals surface area contributed by atoms with E-state index in [0.717, 1.165) is 0 Å². The molecule has 0 radical (unpaired) electrons. The minimum atomic E-state index is -1.10. The van der Waals surface area contributed by atoms with E-state index in [1.165, 1.54) is 5.19 Å². The van der Waals surface area contributed by atoms with Crippen molar-refractivity contribution in [2.75, 3.05) is 0 Å². The van der Waals surface area contributed by atoms with Crippen molar-refractivity contribution in [3.05, 3.63) is 30.3 Å². The van der Waals surface area contributed by atoms with Crippen LogP contribution in [0, 0.1) is 0 Å². The van der Waals surface area contributed by atoms with Crippen LogP contribution < -0.4 is 5.19 Å². The van der Waals surface area contributed by atoms with E-state index in [9.17, 15) is 0 Å². The quantitative estimate of drug-likeness (QED) is 0.512. The Labute approximate surface area is 78.7 Å². The zero-order valence-electron chi connectivity index (χ0n) is 6.30.